The predicted molar refractivity (Wildman–Crippen MR) is 90.7 cm³/mol. The van der Waals surface area contributed by atoms with Gasteiger partial charge >= 0.3 is 0 Å². The van der Waals surface area contributed by atoms with Crippen LogP contribution in [0.2, 0.25) is 0 Å². The van der Waals surface area contributed by atoms with Crippen molar-refractivity contribution in [2.75, 3.05) is 0 Å². The number of hydrogen-bond donors (Lipinski definition) is 2. The highest BCUT2D eigenvalue weighted by molar-refractivity contribution is 5.78. The van der Waals surface area contributed by atoms with Crippen LogP contribution in [0.4, 0.5) is 0 Å². The number of hydrogen-bond acceptors (Lipinski definition) is 4. The van der Waals surface area contributed by atoms with Gasteiger partial charge in [0.05, 0.1) is 6.42 Å². The molecule has 1 amide bonds. The summed E-state index contributed by atoms with van der Waals surface area (Å²) in [6.07, 6.45) is 2.35. The Morgan fingerprint density at radius 3 is 2.62 bits per heavy atom. The smallest absolute Gasteiger partial charge is 0.227 e. The molecule has 0 bridgehead atoms. The van der Waals surface area contributed by atoms with Crippen LogP contribution < -0.4 is 10.1 Å². The minimum absolute atomic E-state index is 0.0262. The third-order valence-corrected chi connectivity index (χ3v) is 3.94. The van der Waals surface area contributed by atoms with Crippen molar-refractivity contribution in [1.29, 1.82) is 0 Å². The van der Waals surface area contributed by atoms with Crippen LogP contribution in [0.5, 0.6) is 5.75 Å². The zero-order valence-electron chi connectivity index (χ0n) is 14.4. The molecular weight excluding hydrogens is 304 g/mol. The summed E-state index contributed by atoms with van der Waals surface area (Å²) in [5.41, 5.74) is 1.39. The minimum Gasteiger partial charge on any atom is -0.486 e. The lowest BCUT2D eigenvalue weighted by atomic mass is 9.87. The molecule has 0 saturated heterocycles. The third kappa shape index (κ3) is 4.57. The number of nitrogens with one attached hydrogen (secondary N) is 2. The van der Waals surface area contributed by atoms with Gasteiger partial charge in [-0.3, -0.25) is 9.89 Å². The molecule has 1 heterocycles. The molecule has 1 aliphatic carbocycles. The average Bonchev–Trinajstić information content (AvgIpc) is 3.22. The Bertz CT molecular complexity index is 697. The van der Waals surface area contributed by atoms with Gasteiger partial charge < -0.3 is 10.1 Å². The molecule has 6 nitrogen and oxygen atoms in total. The van der Waals surface area contributed by atoms with Gasteiger partial charge in [0.2, 0.25) is 5.91 Å². The lowest BCUT2D eigenvalue weighted by molar-refractivity contribution is -0.120. The van der Waals surface area contributed by atoms with Crippen LogP contribution >= 0.6 is 0 Å². The summed E-state index contributed by atoms with van der Waals surface area (Å²) in [6, 6.07) is 8.42. The quantitative estimate of drug-likeness (QED) is 0.854. The van der Waals surface area contributed by atoms with Crippen molar-refractivity contribution >= 4 is 5.91 Å². The first-order valence-corrected chi connectivity index (χ1v) is 8.33. The number of amides is 1. The van der Waals surface area contributed by atoms with E-state index < -0.39 is 0 Å². The standard InChI is InChI=1S/C18H24N4O2/c1-18(2,3)12-4-8-14(9-5-12)24-11-16-20-15(21-22-16)10-17(23)19-13-6-7-13/h4-5,8-9,13H,6-7,10-11H2,1-3H3,(H,19,23)(H,20,21,22). The van der Waals surface area contributed by atoms with E-state index in [1.165, 1.54) is 5.56 Å². The topological polar surface area (TPSA) is 79.9 Å². The lowest BCUT2D eigenvalue weighted by Crippen LogP contribution is -2.27. The Kier molecular flexibility index (Phi) is 4.55. The Morgan fingerprint density at radius 2 is 2.00 bits per heavy atom. The second kappa shape index (κ2) is 6.63. The first-order chi connectivity index (χ1) is 11.4. The first kappa shape index (κ1) is 16.5. The van der Waals surface area contributed by atoms with Crippen molar-refractivity contribution in [2.45, 2.75) is 58.1 Å². The maximum atomic E-state index is 11.7. The van der Waals surface area contributed by atoms with Crippen LogP contribution in [0, 0.1) is 0 Å². The first-order valence-electron chi connectivity index (χ1n) is 8.33. The van der Waals surface area contributed by atoms with Crippen molar-refractivity contribution in [3.8, 4) is 5.75 Å². The maximum absolute atomic E-state index is 11.7. The molecular formula is C18H24N4O2. The van der Waals surface area contributed by atoms with E-state index in [-0.39, 0.29) is 17.7 Å². The van der Waals surface area contributed by atoms with Gasteiger partial charge in [0.15, 0.2) is 11.6 Å². The summed E-state index contributed by atoms with van der Waals surface area (Å²) in [6.45, 7) is 6.83. The van der Waals surface area contributed by atoms with Crippen molar-refractivity contribution in [2.24, 2.45) is 0 Å². The van der Waals surface area contributed by atoms with E-state index in [9.17, 15) is 4.79 Å². The molecule has 0 aliphatic heterocycles. The molecule has 128 valence electrons. The fourth-order valence-electron chi connectivity index (χ4n) is 2.33. The molecule has 1 aromatic carbocycles. The fourth-order valence-corrected chi connectivity index (χ4v) is 2.33. The number of aromatic nitrogens is 3. The molecule has 3 rings (SSSR count). The van der Waals surface area contributed by atoms with Gasteiger partial charge in [0.25, 0.3) is 0 Å². The van der Waals surface area contributed by atoms with Gasteiger partial charge in [-0.25, -0.2) is 4.98 Å². The van der Waals surface area contributed by atoms with Gasteiger partial charge in [-0.15, -0.1) is 0 Å². The Morgan fingerprint density at radius 1 is 1.29 bits per heavy atom. The summed E-state index contributed by atoms with van der Waals surface area (Å²) < 4.78 is 5.72. The van der Waals surface area contributed by atoms with Gasteiger partial charge in [-0.2, -0.15) is 5.10 Å². The second-order valence-electron chi connectivity index (χ2n) is 7.28. The summed E-state index contributed by atoms with van der Waals surface area (Å²) in [5, 5.41) is 9.81. The molecule has 0 unspecified atom stereocenters. The largest absolute Gasteiger partial charge is 0.486 e. The van der Waals surface area contributed by atoms with E-state index in [2.05, 4.69) is 53.4 Å². The summed E-state index contributed by atoms with van der Waals surface area (Å²) in [4.78, 5) is 16.0. The lowest BCUT2D eigenvalue weighted by Gasteiger charge is -2.19. The van der Waals surface area contributed by atoms with Crippen molar-refractivity contribution in [3.05, 3.63) is 41.5 Å². The molecule has 0 atom stereocenters. The van der Waals surface area contributed by atoms with Crippen molar-refractivity contribution in [1.82, 2.24) is 20.5 Å². The van der Waals surface area contributed by atoms with Gasteiger partial charge in [-0.1, -0.05) is 32.9 Å². The number of nitrogens with zero attached hydrogens (tertiary/aromatic N) is 2. The van der Waals surface area contributed by atoms with Crippen LogP contribution in [-0.2, 0) is 23.2 Å². The zero-order chi connectivity index (χ0) is 17.2. The molecule has 1 aromatic heterocycles. The van der Waals surface area contributed by atoms with Crippen LogP contribution in [0.3, 0.4) is 0 Å². The number of benzene rings is 1. The van der Waals surface area contributed by atoms with E-state index in [1.807, 2.05) is 12.1 Å². The SMILES string of the molecule is CC(C)(C)c1ccc(OCc2nc(CC(=O)NC3CC3)n[nH]2)cc1. The van der Waals surface area contributed by atoms with Crippen LogP contribution in [0.15, 0.2) is 24.3 Å². The van der Waals surface area contributed by atoms with Gasteiger partial charge in [0.1, 0.15) is 12.4 Å². The predicted octanol–water partition coefficient (Wildman–Crippen LogP) is 2.50. The molecule has 1 saturated carbocycles. The van der Waals surface area contributed by atoms with Crippen LogP contribution in [-0.4, -0.2) is 27.1 Å². The molecule has 1 aliphatic rings. The second-order valence-corrected chi connectivity index (χ2v) is 7.28. The van der Waals surface area contributed by atoms with Crippen LogP contribution in [0.25, 0.3) is 0 Å². The molecule has 0 radical (unpaired) electrons. The number of aromatic amines is 1. The van der Waals surface area contributed by atoms with E-state index >= 15 is 0 Å². The molecule has 0 spiro atoms. The summed E-state index contributed by atoms with van der Waals surface area (Å²) >= 11 is 0. The van der Waals surface area contributed by atoms with Gasteiger partial charge in [0, 0.05) is 6.04 Å². The minimum atomic E-state index is -0.0262. The number of carbonyl (C=O) groups excluding carboxylic acids is 1. The fraction of sp³-hybridized carbons (Fsp3) is 0.500. The summed E-state index contributed by atoms with van der Waals surface area (Å²) in [7, 11) is 0. The van der Waals surface area contributed by atoms with Crippen LogP contribution in [0.1, 0.15) is 50.8 Å². The van der Waals surface area contributed by atoms with Crippen molar-refractivity contribution < 1.29 is 9.53 Å². The number of H-pyrrole nitrogens is 1. The Labute approximate surface area is 142 Å². The highest BCUT2D eigenvalue weighted by Crippen LogP contribution is 2.24. The number of rotatable bonds is 6. The van der Waals surface area contributed by atoms with E-state index in [4.69, 9.17) is 4.74 Å². The Balaban J connectivity index is 1.50. The van der Waals surface area contributed by atoms with Crippen molar-refractivity contribution in [3.63, 3.8) is 0 Å². The van der Waals surface area contributed by atoms with Gasteiger partial charge in [-0.05, 0) is 36.0 Å². The highest BCUT2D eigenvalue weighted by atomic mass is 16.5. The Hall–Kier alpha value is -2.37. The van der Waals surface area contributed by atoms with E-state index in [0.717, 1.165) is 18.6 Å². The molecule has 24 heavy (non-hydrogen) atoms. The monoisotopic (exact) mass is 328 g/mol. The number of carbonyl (C=O) groups is 1. The maximum Gasteiger partial charge on any atom is 0.227 e. The molecule has 6 heteroatoms. The zero-order valence-corrected chi connectivity index (χ0v) is 14.4. The van der Waals surface area contributed by atoms with E-state index in [1.54, 1.807) is 0 Å². The van der Waals surface area contributed by atoms with E-state index in [0.29, 0.717) is 24.3 Å². The molecule has 2 aromatic rings. The number of ether oxygens (including phenoxy) is 1. The normalized spacial score (nSPS) is 14.5. The highest BCUT2D eigenvalue weighted by Gasteiger charge is 2.23. The third-order valence-electron chi connectivity index (χ3n) is 3.94. The average molecular weight is 328 g/mol. The molecule has 1 fully saturated rings. The summed E-state index contributed by atoms with van der Waals surface area (Å²) in [5.74, 6) is 1.87. The molecule has 2 N–H and O–H groups in total.